The zero-order valence-corrected chi connectivity index (χ0v) is 11.7. The van der Waals surface area contributed by atoms with E-state index in [1.807, 2.05) is 11.3 Å². The van der Waals surface area contributed by atoms with Gasteiger partial charge in [-0.25, -0.2) is 0 Å². The molecule has 0 fully saturated rings. The lowest BCUT2D eigenvalue weighted by Gasteiger charge is -2.20. The Bertz CT molecular complexity index is 269. The lowest BCUT2D eigenvalue weighted by molar-refractivity contribution is 0.291. The van der Waals surface area contributed by atoms with E-state index < -0.39 is 0 Å². The van der Waals surface area contributed by atoms with Gasteiger partial charge in [-0.15, -0.1) is 11.3 Å². The number of nitrogens with zero attached hydrogens (tertiary/aromatic N) is 1. The van der Waals surface area contributed by atoms with Crippen LogP contribution in [-0.4, -0.2) is 31.6 Å². The van der Waals surface area contributed by atoms with Crippen molar-refractivity contribution >= 4 is 11.3 Å². The van der Waals surface area contributed by atoms with Crippen molar-refractivity contribution in [3.8, 4) is 0 Å². The fraction of sp³-hybridized carbons (Fsp3) is 0.692. The van der Waals surface area contributed by atoms with Crippen molar-refractivity contribution in [2.24, 2.45) is 5.92 Å². The van der Waals surface area contributed by atoms with Gasteiger partial charge in [0.2, 0.25) is 0 Å². The maximum absolute atomic E-state index is 3.56. The predicted molar refractivity (Wildman–Crippen MR) is 73.1 cm³/mol. The van der Waals surface area contributed by atoms with Crippen LogP contribution in [0.4, 0.5) is 0 Å². The van der Waals surface area contributed by atoms with E-state index in [2.05, 4.69) is 55.5 Å². The van der Waals surface area contributed by atoms with Gasteiger partial charge in [0.15, 0.2) is 0 Å². The maximum Gasteiger partial charge on any atom is 0.0386 e. The van der Waals surface area contributed by atoms with E-state index in [1.165, 1.54) is 11.4 Å². The Morgan fingerprint density at radius 1 is 1.38 bits per heavy atom. The summed E-state index contributed by atoms with van der Waals surface area (Å²) in [6, 6.07) is 4.79. The molecule has 0 radical (unpaired) electrons. The molecule has 2 nitrogen and oxygen atoms in total. The van der Waals surface area contributed by atoms with Gasteiger partial charge in [-0.2, -0.15) is 0 Å². The van der Waals surface area contributed by atoms with Gasteiger partial charge in [0.25, 0.3) is 0 Å². The van der Waals surface area contributed by atoms with Crippen LogP contribution in [0.5, 0.6) is 0 Å². The number of hydrogen-bond acceptors (Lipinski definition) is 3. The molecule has 1 aromatic rings. The minimum Gasteiger partial charge on any atom is -0.308 e. The lowest BCUT2D eigenvalue weighted by atomic mass is 10.2. The molecule has 16 heavy (non-hydrogen) atoms. The Morgan fingerprint density at radius 2 is 2.12 bits per heavy atom. The van der Waals surface area contributed by atoms with Crippen LogP contribution in [0, 0.1) is 5.92 Å². The number of hydrogen-bond donors (Lipinski definition) is 1. The van der Waals surface area contributed by atoms with E-state index in [0.29, 0.717) is 6.04 Å². The molecule has 0 saturated carbocycles. The minimum atomic E-state index is 0.479. The standard InChI is InChI=1S/C13H24N2S/c1-11(2)10-15(4)8-7-14-12(3)13-6-5-9-16-13/h5-6,9,11-12,14H,7-8,10H2,1-4H3. The van der Waals surface area contributed by atoms with Crippen LogP contribution in [0.3, 0.4) is 0 Å². The van der Waals surface area contributed by atoms with E-state index in [4.69, 9.17) is 0 Å². The summed E-state index contributed by atoms with van der Waals surface area (Å²) >= 11 is 1.82. The number of nitrogens with one attached hydrogen (secondary N) is 1. The van der Waals surface area contributed by atoms with Gasteiger partial charge in [0.05, 0.1) is 0 Å². The molecule has 0 saturated heterocycles. The number of likely N-dealkylation sites (N-methyl/N-ethyl adjacent to an activating group) is 1. The summed E-state index contributed by atoms with van der Waals surface area (Å²) in [6.07, 6.45) is 0. The van der Waals surface area contributed by atoms with E-state index >= 15 is 0 Å². The average Bonchev–Trinajstić information content (AvgIpc) is 2.68. The van der Waals surface area contributed by atoms with Crippen molar-refractivity contribution in [3.05, 3.63) is 22.4 Å². The zero-order chi connectivity index (χ0) is 12.0. The first-order chi connectivity index (χ1) is 7.59. The summed E-state index contributed by atoms with van der Waals surface area (Å²) < 4.78 is 0. The van der Waals surface area contributed by atoms with Crippen molar-refractivity contribution < 1.29 is 0 Å². The van der Waals surface area contributed by atoms with Crippen LogP contribution >= 0.6 is 11.3 Å². The smallest absolute Gasteiger partial charge is 0.0386 e. The Hall–Kier alpha value is -0.380. The van der Waals surface area contributed by atoms with Gasteiger partial charge in [-0.05, 0) is 31.3 Å². The van der Waals surface area contributed by atoms with Crippen molar-refractivity contribution in [3.63, 3.8) is 0 Å². The molecular weight excluding hydrogens is 216 g/mol. The third kappa shape index (κ3) is 5.10. The summed E-state index contributed by atoms with van der Waals surface area (Å²) in [4.78, 5) is 3.81. The molecule has 0 aliphatic rings. The molecule has 92 valence electrons. The van der Waals surface area contributed by atoms with Gasteiger partial charge >= 0.3 is 0 Å². The zero-order valence-electron chi connectivity index (χ0n) is 10.9. The lowest BCUT2D eigenvalue weighted by Crippen LogP contribution is -2.32. The SMILES string of the molecule is CC(C)CN(C)CCNC(C)c1cccs1. The molecule has 3 heteroatoms. The van der Waals surface area contributed by atoms with Crippen LogP contribution in [-0.2, 0) is 0 Å². The van der Waals surface area contributed by atoms with Crippen LogP contribution in [0.1, 0.15) is 31.7 Å². The monoisotopic (exact) mass is 240 g/mol. The van der Waals surface area contributed by atoms with Crippen LogP contribution in [0.15, 0.2) is 17.5 Å². The van der Waals surface area contributed by atoms with Crippen LogP contribution in [0.25, 0.3) is 0 Å². The van der Waals surface area contributed by atoms with Crippen molar-refractivity contribution in [1.29, 1.82) is 0 Å². The molecule has 1 aromatic heterocycles. The normalized spacial score (nSPS) is 13.6. The van der Waals surface area contributed by atoms with Gasteiger partial charge in [0, 0.05) is 30.6 Å². The van der Waals surface area contributed by atoms with E-state index in [1.54, 1.807) is 0 Å². The summed E-state index contributed by atoms with van der Waals surface area (Å²) in [7, 11) is 2.19. The first-order valence-corrected chi connectivity index (χ1v) is 6.93. The largest absolute Gasteiger partial charge is 0.308 e. The molecule has 0 amide bonds. The minimum absolute atomic E-state index is 0.479. The Kier molecular flexibility index (Phi) is 6.03. The third-order valence-electron chi connectivity index (χ3n) is 2.59. The van der Waals surface area contributed by atoms with Gasteiger partial charge in [-0.1, -0.05) is 19.9 Å². The molecule has 0 aliphatic heterocycles. The highest BCUT2D eigenvalue weighted by atomic mass is 32.1. The highest BCUT2D eigenvalue weighted by Crippen LogP contribution is 2.17. The highest BCUT2D eigenvalue weighted by Gasteiger charge is 2.06. The van der Waals surface area contributed by atoms with Gasteiger partial charge < -0.3 is 10.2 Å². The van der Waals surface area contributed by atoms with Gasteiger partial charge in [0.1, 0.15) is 0 Å². The second-order valence-corrected chi connectivity index (χ2v) is 5.83. The Morgan fingerprint density at radius 3 is 2.69 bits per heavy atom. The first kappa shape index (κ1) is 13.7. The highest BCUT2D eigenvalue weighted by molar-refractivity contribution is 7.10. The number of rotatable bonds is 7. The molecule has 0 aliphatic carbocycles. The second-order valence-electron chi connectivity index (χ2n) is 4.85. The maximum atomic E-state index is 3.56. The first-order valence-electron chi connectivity index (χ1n) is 6.05. The summed E-state index contributed by atoms with van der Waals surface area (Å²) in [5.74, 6) is 0.750. The van der Waals surface area contributed by atoms with Crippen molar-refractivity contribution in [1.82, 2.24) is 10.2 Å². The van der Waals surface area contributed by atoms with Crippen LogP contribution < -0.4 is 5.32 Å². The molecule has 0 bridgehead atoms. The van der Waals surface area contributed by atoms with Crippen molar-refractivity contribution in [2.45, 2.75) is 26.8 Å². The van der Waals surface area contributed by atoms with E-state index in [9.17, 15) is 0 Å². The molecule has 1 unspecified atom stereocenters. The van der Waals surface area contributed by atoms with Crippen molar-refractivity contribution in [2.75, 3.05) is 26.7 Å². The molecule has 0 spiro atoms. The molecule has 1 atom stereocenters. The molecule has 0 aromatic carbocycles. The molecule has 1 N–H and O–H groups in total. The summed E-state index contributed by atoms with van der Waals surface area (Å²) in [5, 5.41) is 5.70. The van der Waals surface area contributed by atoms with E-state index in [-0.39, 0.29) is 0 Å². The second kappa shape index (κ2) is 7.05. The van der Waals surface area contributed by atoms with Gasteiger partial charge in [-0.3, -0.25) is 0 Å². The molecule has 1 rings (SSSR count). The fourth-order valence-corrected chi connectivity index (χ4v) is 2.58. The summed E-state index contributed by atoms with van der Waals surface area (Å²) in [5.41, 5.74) is 0. The Balaban J connectivity index is 2.15. The Labute approximate surface area is 104 Å². The van der Waals surface area contributed by atoms with Crippen LogP contribution in [0.2, 0.25) is 0 Å². The quantitative estimate of drug-likeness (QED) is 0.788. The molecule has 1 heterocycles. The average molecular weight is 240 g/mol. The van der Waals surface area contributed by atoms with E-state index in [0.717, 1.165) is 19.0 Å². The predicted octanol–water partition coefficient (Wildman–Crippen LogP) is 2.99. The number of thiophene rings is 1. The third-order valence-corrected chi connectivity index (χ3v) is 3.65. The molecular formula is C13H24N2S. The topological polar surface area (TPSA) is 15.3 Å². The summed E-state index contributed by atoms with van der Waals surface area (Å²) in [6.45, 7) is 10.1. The fourth-order valence-electron chi connectivity index (χ4n) is 1.82.